The normalized spacial score (nSPS) is 12.8. The van der Waals surface area contributed by atoms with E-state index >= 15 is 0 Å². The van der Waals surface area contributed by atoms with Crippen molar-refractivity contribution in [1.29, 1.82) is 0 Å². The lowest BCUT2D eigenvalue weighted by Gasteiger charge is -2.05. The second kappa shape index (κ2) is 4.89. The molecule has 0 bridgehead atoms. The highest BCUT2D eigenvalue weighted by Gasteiger charge is 1.96. The molecule has 1 aromatic rings. The monoisotopic (exact) mass is 181 g/mol. The van der Waals surface area contributed by atoms with Gasteiger partial charge in [0.1, 0.15) is 0 Å². The van der Waals surface area contributed by atoms with Gasteiger partial charge >= 0.3 is 0 Å². The minimum atomic E-state index is -0.321. The molecule has 0 unspecified atom stereocenters. The van der Waals surface area contributed by atoms with Crippen molar-refractivity contribution in [3.63, 3.8) is 0 Å². The minimum absolute atomic E-state index is 0.321. The van der Waals surface area contributed by atoms with Gasteiger partial charge in [0.25, 0.3) is 0 Å². The Bertz CT molecular complexity index is 246. The van der Waals surface area contributed by atoms with Gasteiger partial charge in [-0.05, 0) is 13.8 Å². The predicted octanol–water partition coefficient (Wildman–Crippen LogP) is 0.255. The maximum atomic E-state index is 8.98. The van der Waals surface area contributed by atoms with Gasteiger partial charge in [-0.1, -0.05) is 0 Å². The van der Waals surface area contributed by atoms with E-state index in [1.165, 1.54) is 0 Å². The average Bonchev–Trinajstić information content (AvgIpc) is 2.08. The Kier molecular flexibility index (Phi) is 3.79. The quantitative estimate of drug-likeness (QED) is 0.699. The van der Waals surface area contributed by atoms with Crippen LogP contribution >= 0.6 is 0 Å². The van der Waals surface area contributed by atoms with E-state index < -0.39 is 0 Å². The van der Waals surface area contributed by atoms with Crippen LogP contribution in [0.2, 0.25) is 0 Å². The fourth-order valence-corrected chi connectivity index (χ4v) is 0.920. The third-order valence-electron chi connectivity index (χ3n) is 1.58. The van der Waals surface area contributed by atoms with E-state index in [0.717, 1.165) is 11.4 Å². The van der Waals surface area contributed by atoms with Crippen LogP contribution in [0, 0.1) is 6.92 Å². The molecule has 4 nitrogen and oxygen atoms in total. The molecule has 0 saturated heterocycles. The first kappa shape index (κ1) is 10.1. The summed E-state index contributed by atoms with van der Waals surface area (Å²) < 4.78 is 0. The molecule has 1 aromatic heterocycles. The molecule has 0 saturated carbocycles. The zero-order valence-corrected chi connectivity index (χ0v) is 7.99. The summed E-state index contributed by atoms with van der Waals surface area (Å²) in [5, 5.41) is 12.0. The van der Waals surface area contributed by atoms with Crippen LogP contribution in [0.3, 0.4) is 0 Å². The summed E-state index contributed by atoms with van der Waals surface area (Å²) in [6.45, 7) is 4.88. The lowest BCUT2D eigenvalue weighted by atomic mass is 10.3. The molecule has 0 spiro atoms. The summed E-state index contributed by atoms with van der Waals surface area (Å²) >= 11 is 0. The first-order chi connectivity index (χ1) is 6.18. The SMILES string of the molecule is Cc1cnc(CNC[C@H](C)O)cn1. The maximum absolute atomic E-state index is 8.98. The topological polar surface area (TPSA) is 58.0 Å². The van der Waals surface area contributed by atoms with E-state index in [0.29, 0.717) is 13.1 Å². The van der Waals surface area contributed by atoms with E-state index in [4.69, 9.17) is 5.11 Å². The number of hydrogen-bond acceptors (Lipinski definition) is 4. The molecule has 0 aliphatic carbocycles. The molecule has 1 atom stereocenters. The summed E-state index contributed by atoms with van der Waals surface area (Å²) in [5.74, 6) is 0. The number of aliphatic hydroxyl groups excluding tert-OH is 1. The zero-order valence-electron chi connectivity index (χ0n) is 7.99. The molecule has 1 heterocycles. The van der Waals surface area contributed by atoms with Crippen LogP contribution in [0.25, 0.3) is 0 Å². The first-order valence-electron chi connectivity index (χ1n) is 4.35. The summed E-state index contributed by atoms with van der Waals surface area (Å²) in [5.41, 5.74) is 1.81. The number of aliphatic hydroxyl groups is 1. The van der Waals surface area contributed by atoms with Crippen LogP contribution in [0.1, 0.15) is 18.3 Å². The van der Waals surface area contributed by atoms with Crippen molar-refractivity contribution in [2.24, 2.45) is 0 Å². The van der Waals surface area contributed by atoms with Crippen LogP contribution < -0.4 is 5.32 Å². The van der Waals surface area contributed by atoms with Gasteiger partial charge in [-0.2, -0.15) is 0 Å². The van der Waals surface area contributed by atoms with Crippen LogP contribution in [0.15, 0.2) is 12.4 Å². The second-order valence-corrected chi connectivity index (χ2v) is 3.13. The van der Waals surface area contributed by atoms with Crippen LogP contribution in [0.4, 0.5) is 0 Å². The largest absolute Gasteiger partial charge is 0.392 e. The third-order valence-corrected chi connectivity index (χ3v) is 1.58. The number of nitrogens with zero attached hydrogens (tertiary/aromatic N) is 2. The fraction of sp³-hybridized carbons (Fsp3) is 0.556. The van der Waals surface area contributed by atoms with Gasteiger partial charge in [-0.15, -0.1) is 0 Å². The van der Waals surface area contributed by atoms with Crippen molar-refractivity contribution in [3.05, 3.63) is 23.8 Å². The molecule has 4 heteroatoms. The molecule has 0 aromatic carbocycles. The van der Waals surface area contributed by atoms with E-state index in [1.54, 1.807) is 19.3 Å². The Labute approximate surface area is 78.0 Å². The lowest BCUT2D eigenvalue weighted by Crippen LogP contribution is -2.24. The van der Waals surface area contributed by atoms with Crippen LogP contribution in [0.5, 0.6) is 0 Å². The standard InChI is InChI=1S/C9H15N3O/c1-7-3-12-9(6-11-7)5-10-4-8(2)13/h3,6,8,10,13H,4-5H2,1-2H3/t8-/m0/s1. The summed E-state index contributed by atoms with van der Waals surface area (Å²) in [7, 11) is 0. The molecule has 0 radical (unpaired) electrons. The van der Waals surface area contributed by atoms with Gasteiger partial charge in [0.15, 0.2) is 0 Å². The van der Waals surface area contributed by atoms with Gasteiger partial charge in [-0.3, -0.25) is 9.97 Å². The summed E-state index contributed by atoms with van der Waals surface area (Å²) in [6, 6.07) is 0. The van der Waals surface area contributed by atoms with E-state index in [1.807, 2.05) is 6.92 Å². The van der Waals surface area contributed by atoms with Gasteiger partial charge in [0, 0.05) is 25.5 Å². The average molecular weight is 181 g/mol. The molecule has 0 fully saturated rings. The van der Waals surface area contributed by atoms with Crippen molar-refractivity contribution in [1.82, 2.24) is 15.3 Å². The molecule has 0 amide bonds. The Hall–Kier alpha value is -1.00. The van der Waals surface area contributed by atoms with Crippen molar-refractivity contribution in [3.8, 4) is 0 Å². The molecule has 13 heavy (non-hydrogen) atoms. The van der Waals surface area contributed by atoms with Crippen molar-refractivity contribution in [2.45, 2.75) is 26.5 Å². The predicted molar refractivity (Wildman–Crippen MR) is 50.2 cm³/mol. The van der Waals surface area contributed by atoms with Crippen molar-refractivity contribution in [2.75, 3.05) is 6.54 Å². The third kappa shape index (κ3) is 3.96. The van der Waals surface area contributed by atoms with Gasteiger partial charge in [0.2, 0.25) is 0 Å². The Morgan fingerprint density at radius 1 is 1.46 bits per heavy atom. The van der Waals surface area contributed by atoms with Gasteiger partial charge in [-0.25, -0.2) is 0 Å². The van der Waals surface area contributed by atoms with E-state index in [-0.39, 0.29) is 6.10 Å². The first-order valence-corrected chi connectivity index (χ1v) is 4.35. The van der Waals surface area contributed by atoms with E-state index in [9.17, 15) is 0 Å². The molecule has 0 aliphatic rings. The Morgan fingerprint density at radius 2 is 2.23 bits per heavy atom. The van der Waals surface area contributed by atoms with E-state index in [2.05, 4.69) is 15.3 Å². The molecule has 1 rings (SSSR count). The lowest BCUT2D eigenvalue weighted by molar-refractivity contribution is 0.191. The fourth-order valence-electron chi connectivity index (χ4n) is 0.920. The maximum Gasteiger partial charge on any atom is 0.0724 e. The number of aryl methyl sites for hydroxylation is 1. The van der Waals surface area contributed by atoms with Gasteiger partial charge < -0.3 is 10.4 Å². The molecule has 2 N–H and O–H groups in total. The second-order valence-electron chi connectivity index (χ2n) is 3.13. The van der Waals surface area contributed by atoms with Crippen molar-refractivity contribution < 1.29 is 5.11 Å². The smallest absolute Gasteiger partial charge is 0.0724 e. The molecular weight excluding hydrogens is 166 g/mol. The summed E-state index contributed by atoms with van der Waals surface area (Å²) in [6.07, 6.45) is 3.16. The molecule has 72 valence electrons. The Balaban J connectivity index is 2.33. The number of nitrogens with one attached hydrogen (secondary N) is 1. The minimum Gasteiger partial charge on any atom is -0.392 e. The van der Waals surface area contributed by atoms with Gasteiger partial charge in [0.05, 0.1) is 17.5 Å². The number of rotatable bonds is 4. The molecule has 0 aliphatic heterocycles. The highest BCUT2D eigenvalue weighted by Crippen LogP contribution is 1.93. The highest BCUT2D eigenvalue weighted by atomic mass is 16.3. The molecular formula is C9H15N3O. The highest BCUT2D eigenvalue weighted by molar-refractivity contribution is 5.00. The van der Waals surface area contributed by atoms with Crippen molar-refractivity contribution >= 4 is 0 Å². The van der Waals surface area contributed by atoms with Crippen LogP contribution in [-0.2, 0) is 6.54 Å². The number of aromatic nitrogens is 2. The summed E-state index contributed by atoms with van der Waals surface area (Å²) in [4.78, 5) is 8.28. The van der Waals surface area contributed by atoms with Crippen LogP contribution in [-0.4, -0.2) is 27.7 Å². The number of hydrogen-bond donors (Lipinski definition) is 2. The Morgan fingerprint density at radius 3 is 2.77 bits per heavy atom. The zero-order chi connectivity index (χ0) is 9.68.